The maximum atomic E-state index is 13.4. The highest BCUT2D eigenvalue weighted by Gasteiger charge is 2.22. The van der Waals surface area contributed by atoms with Gasteiger partial charge in [0.25, 0.3) is 0 Å². The van der Waals surface area contributed by atoms with Gasteiger partial charge in [-0.25, -0.2) is 9.18 Å². The molecule has 0 aliphatic rings. The maximum Gasteiger partial charge on any atom is 0.339 e. The standard InChI is InChI=1S/C9H8BrFO4/c1-14-7-4(9(12)13)3-5(10)6(11)8(7)15-2/h3H,1-2H3,(H,12,13). The molecular weight excluding hydrogens is 271 g/mol. The van der Waals surface area contributed by atoms with Crippen molar-refractivity contribution in [2.45, 2.75) is 0 Å². The van der Waals surface area contributed by atoms with E-state index in [2.05, 4.69) is 15.9 Å². The Labute approximate surface area is 93.7 Å². The summed E-state index contributed by atoms with van der Waals surface area (Å²) < 4.78 is 23.0. The van der Waals surface area contributed by atoms with Gasteiger partial charge in [-0.05, 0) is 22.0 Å². The van der Waals surface area contributed by atoms with Crippen LogP contribution in [0.2, 0.25) is 0 Å². The van der Waals surface area contributed by atoms with Crippen molar-refractivity contribution >= 4 is 21.9 Å². The molecule has 0 bridgehead atoms. The number of carboxylic acids is 1. The van der Waals surface area contributed by atoms with E-state index in [4.69, 9.17) is 14.6 Å². The number of hydrogen-bond donors (Lipinski definition) is 1. The largest absolute Gasteiger partial charge is 0.492 e. The molecule has 0 fully saturated rings. The Bertz CT molecular complexity index is 406. The summed E-state index contributed by atoms with van der Waals surface area (Å²) in [7, 11) is 2.48. The third-order valence-electron chi connectivity index (χ3n) is 1.77. The van der Waals surface area contributed by atoms with Crippen molar-refractivity contribution in [3.63, 3.8) is 0 Å². The molecule has 0 atom stereocenters. The maximum absolute atomic E-state index is 13.4. The molecule has 0 heterocycles. The molecule has 1 rings (SSSR count). The van der Waals surface area contributed by atoms with E-state index in [-0.39, 0.29) is 21.5 Å². The van der Waals surface area contributed by atoms with Crippen molar-refractivity contribution in [2.24, 2.45) is 0 Å². The van der Waals surface area contributed by atoms with Gasteiger partial charge in [-0.1, -0.05) is 0 Å². The van der Waals surface area contributed by atoms with Crippen LogP contribution < -0.4 is 9.47 Å². The molecule has 0 aliphatic heterocycles. The molecule has 4 nitrogen and oxygen atoms in total. The van der Waals surface area contributed by atoms with E-state index in [1.807, 2.05) is 0 Å². The summed E-state index contributed by atoms with van der Waals surface area (Å²) >= 11 is 2.90. The van der Waals surface area contributed by atoms with Gasteiger partial charge >= 0.3 is 5.97 Å². The van der Waals surface area contributed by atoms with Crippen molar-refractivity contribution in [2.75, 3.05) is 14.2 Å². The summed E-state index contributed by atoms with van der Waals surface area (Å²) in [6.45, 7) is 0. The molecule has 0 spiro atoms. The first-order valence-corrected chi connectivity index (χ1v) is 4.65. The number of halogens is 2. The Morgan fingerprint density at radius 1 is 1.40 bits per heavy atom. The Hall–Kier alpha value is -1.30. The van der Waals surface area contributed by atoms with Crippen LogP contribution in [0.3, 0.4) is 0 Å². The number of hydrogen-bond acceptors (Lipinski definition) is 3. The lowest BCUT2D eigenvalue weighted by Gasteiger charge is -2.12. The topological polar surface area (TPSA) is 55.8 Å². The Morgan fingerprint density at radius 2 is 1.93 bits per heavy atom. The van der Waals surface area contributed by atoms with Crippen LogP contribution in [0.4, 0.5) is 4.39 Å². The van der Waals surface area contributed by atoms with Gasteiger partial charge in [-0.3, -0.25) is 0 Å². The predicted octanol–water partition coefficient (Wildman–Crippen LogP) is 2.30. The fourth-order valence-electron chi connectivity index (χ4n) is 1.13. The summed E-state index contributed by atoms with van der Waals surface area (Å²) in [5, 5.41) is 8.85. The number of rotatable bonds is 3. The van der Waals surface area contributed by atoms with Gasteiger partial charge in [-0.2, -0.15) is 0 Å². The van der Waals surface area contributed by atoms with Gasteiger partial charge in [0.2, 0.25) is 0 Å². The molecule has 1 N–H and O–H groups in total. The monoisotopic (exact) mass is 278 g/mol. The quantitative estimate of drug-likeness (QED) is 0.922. The zero-order valence-electron chi connectivity index (χ0n) is 8.01. The van der Waals surface area contributed by atoms with Crippen LogP contribution in [0.15, 0.2) is 10.5 Å². The predicted molar refractivity (Wildman–Crippen MR) is 54.2 cm³/mol. The molecule has 6 heteroatoms. The van der Waals surface area contributed by atoms with E-state index in [9.17, 15) is 9.18 Å². The third-order valence-corrected chi connectivity index (χ3v) is 2.35. The lowest BCUT2D eigenvalue weighted by atomic mass is 10.2. The van der Waals surface area contributed by atoms with Crippen LogP contribution in [0, 0.1) is 5.82 Å². The Balaban J connectivity index is 3.54. The highest BCUT2D eigenvalue weighted by atomic mass is 79.9. The highest BCUT2D eigenvalue weighted by molar-refractivity contribution is 9.10. The van der Waals surface area contributed by atoms with Crippen LogP contribution in [0.25, 0.3) is 0 Å². The minimum Gasteiger partial charge on any atom is -0.492 e. The van der Waals surface area contributed by atoms with E-state index < -0.39 is 11.8 Å². The van der Waals surface area contributed by atoms with Crippen molar-refractivity contribution < 1.29 is 23.8 Å². The fraction of sp³-hybridized carbons (Fsp3) is 0.222. The van der Waals surface area contributed by atoms with Gasteiger partial charge in [0.05, 0.1) is 18.7 Å². The van der Waals surface area contributed by atoms with Crippen molar-refractivity contribution in [3.8, 4) is 11.5 Å². The number of aromatic carboxylic acids is 1. The van der Waals surface area contributed by atoms with E-state index in [1.165, 1.54) is 14.2 Å². The second-order valence-electron chi connectivity index (χ2n) is 2.59. The van der Waals surface area contributed by atoms with Crippen LogP contribution in [0.5, 0.6) is 11.5 Å². The Kier molecular flexibility index (Phi) is 3.52. The summed E-state index contributed by atoms with van der Waals surface area (Å²) in [5.74, 6) is -2.28. The first-order chi connectivity index (χ1) is 7.02. The minimum atomic E-state index is -1.22. The first-order valence-electron chi connectivity index (χ1n) is 3.86. The van der Waals surface area contributed by atoms with Crippen LogP contribution in [0.1, 0.15) is 10.4 Å². The van der Waals surface area contributed by atoms with E-state index in [0.717, 1.165) is 6.07 Å². The molecule has 0 amide bonds. The molecule has 0 aromatic heterocycles. The molecule has 0 radical (unpaired) electrons. The lowest BCUT2D eigenvalue weighted by Crippen LogP contribution is -2.04. The second-order valence-corrected chi connectivity index (χ2v) is 3.45. The molecule has 1 aromatic carbocycles. The summed E-state index contributed by atoms with van der Waals surface area (Å²) in [4.78, 5) is 10.8. The zero-order chi connectivity index (χ0) is 11.6. The van der Waals surface area contributed by atoms with Crippen molar-refractivity contribution in [1.29, 1.82) is 0 Å². The highest BCUT2D eigenvalue weighted by Crippen LogP contribution is 2.38. The number of methoxy groups -OCH3 is 2. The summed E-state index contributed by atoms with van der Waals surface area (Å²) in [6, 6.07) is 1.12. The van der Waals surface area contributed by atoms with Crippen molar-refractivity contribution in [1.82, 2.24) is 0 Å². The molecule has 0 aliphatic carbocycles. The average Bonchev–Trinajstić information content (AvgIpc) is 2.20. The van der Waals surface area contributed by atoms with Gasteiger partial charge in [0.15, 0.2) is 17.3 Å². The molecule has 82 valence electrons. The van der Waals surface area contributed by atoms with E-state index in [0.29, 0.717) is 0 Å². The average molecular weight is 279 g/mol. The van der Waals surface area contributed by atoms with Crippen LogP contribution >= 0.6 is 15.9 Å². The zero-order valence-corrected chi connectivity index (χ0v) is 9.59. The molecule has 0 unspecified atom stereocenters. The number of carbonyl (C=O) groups is 1. The number of benzene rings is 1. The van der Waals surface area contributed by atoms with Gasteiger partial charge in [0, 0.05) is 0 Å². The Morgan fingerprint density at radius 3 is 2.33 bits per heavy atom. The van der Waals surface area contributed by atoms with Crippen molar-refractivity contribution in [3.05, 3.63) is 21.9 Å². The summed E-state index contributed by atoms with van der Waals surface area (Å²) in [6.07, 6.45) is 0. The van der Waals surface area contributed by atoms with E-state index in [1.54, 1.807) is 0 Å². The smallest absolute Gasteiger partial charge is 0.339 e. The van der Waals surface area contributed by atoms with Crippen LogP contribution in [-0.4, -0.2) is 25.3 Å². The molecule has 0 saturated heterocycles. The van der Waals surface area contributed by atoms with E-state index >= 15 is 0 Å². The number of carboxylic acid groups (broad SMARTS) is 1. The fourth-order valence-corrected chi connectivity index (χ4v) is 1.54. The summed E-state index contributed by atoms with van der Waals surface area (Å²) in [5.41, 5.74) is -0.164. The first kappa shape index (κ1) is 11.8. The molecular formula is C9H8BrFO4. The molecule has 0 saturated carbocycles. The third kappa shape index (κ3) is 2.04. The minimum absolute atomic E-state index is 0.0116. The molecule has 15 heavy (non-hydrogen) atoms. The van der Waals surface area contributed by atoms with Gasteiger partial charge in [0.1, 0.15) is 5.56 Å². The SMILES string of the molecule is COc1c(C(=O)O)cc(Br)c(F)c1OC. The van der Waals surface area contributed by atoms with Crippen LogP contribution in [-0.2, 0) is 0 Å². The second kappa shape index (κ2) is 4.48. The van der Waals surface area contributed by atoms with Gasteiger partial charge < -0.3 is 14.6 Å². The number of ether oxygens (including phenoxy) is 2. The van der Waals surface area contributed by atoms with Gasteiger partial charge in [-0.15, -0.1) is 0 Å². The normalized spacial score (nSPS) is 9.87. The lowest BCUT2D eigenvalue weighted by molar-refractivity contribution is 0.0692. The molecule has 1 aromatic rings.